The quantitative estimate of drug-likeness (QED) is 0.717. The van der Waals surface area contributed by atoms with Crippen LogP contribution < -0.4 is 11.1 Å². The molecule has 0 fully saturated rings. The molecule has 6 heteroatoms. The third-order valence-electron chi connectivity index (χ3n) is 2.61. The van der Waals surface area contributed by atoms with Gasteiger partial charge in [-0.2, -0.15) is 5.10 Å². The third-order valence-corrected chi connectivity index (χ3v) is 2.61. The van der Waals surface area contributed by atoms with Crippen LogP contribution in [0.4, 0.5) is 10.1 Å². The lowest BCUT2D eigenvalue weighted by Crippen LogP contribution is -2.24. The maximum absolute atomic E-state index is 13.4. The fourth-order valence-corrected chi connectivity index (χ4v) is 1.54. The van der Waals surface area contributed by atoms with Crippen molar-refractivity contribution in [3.8, 4) is 0 Å². The van der Waals surface area contributed by atoms with Crippen LogP contribution in [0.25, 0.3) is 0 Å². The number of aromatic nitrogens is 2. The van der Waals surface area contributed by atoms with E-state index in [1.807, 2.05) is 6.92 Å². The molecule has 0 bridgehead atoms. The number of nitrogens with one attached hydrogen (secondary N) is 2. The van der Waals surface area contributed by atoms with E-state index in [1.165, 1.54) is 18.2 Å². The second-order valence-electron chi connectivity index (χ2n) is 3.94. The summed E-state index contributed by atoms with van der Waals surface area (Å²) in [6.45, 7) is 2.13. The first-order valence-corrected chi connectivity index (χ1v) is 5.40. The fourth-order valence-electron chi connectivity index (χ4n) is 1.54. The van der Waals surface area contributed by atoms with Crippen LogP contribution in [-0.4, -0.2) is 16.1 Å². The lowest BCUT2D eigenvalue weighted by molar-refractivity contribution is 0.0947. The Morgan fingerprint density at radius 2 is 2.33 bits per heavy atom. The highest BCUT2D eigenvalue weighted by Gasteiger charge is 2.12. The molecule has 4 N–H and O–H groups in total. The average molecular weight is 248 g/mol. The summed E-state index contributed by atoms with van der Waals surface area (Å²) < 4.78 is 13.4. The van der Waals surface area contributed by atoms with Crippen molar-refractivity contribution >= 4 is 11.6 Å². The zero-order valence-corrected chi connectivity index (χ0v) is 9.83. The van der Waals surface area contributed by atoms with Gasteiger partial charge in [-0.05, 0) is 25.1 Å². The van der Waals surface area contributed by atoms with Gasteiger partial charge >= 0.3 is 0 Å². The summed E-state index contributed by atoms with van der Waals surface area (Å²) in [6, 6.07) is 3.90. The predicted molar refractivity (Wildman–Crippen MR) is 65.3 cm³/mol. The minimum atomic E-state index is -0.592. The normalized spacial score (nSPS) is 10.3. The Balaban J connectivity index is 2.08. The predicted octanol–water partition coefficient (Wildman–Crippen LogP) is 1.37. The maximum Gasteiger partial charge on any atom is 0.254 e. The van der Waals surface area contributed by atoms with E-state index in [0.29, 0.717) is 5.69 Å². The Morgan fingerprint density at radius 1 is 1.56 bits per heavy atom. The molecule has 0 aliphatic carbocycles. The lowest BCUT2D eigenvalue weighted by atomic mass is 10.1. The van der Waals surface area contributed by atoms with E-state index in [2.05, 4.69) is 15.5 Å². The molecule has 18 heavy (non-hydrogen) atoms. The zero-order chi connectivity index (χ0) is 13.1. The van der Waals surface area contributed by atoms with E-state index < -0.39 is 11.7 Å². The second-order valence-corrected chi connectivity index (χ2v) is 3.94. The molecule has 1 aromatic carbocycles. The molecule has 0 spiro atoms. The smallest absolute Gasteiger partial charge is 0.254 e. The number of hydrogen-bond donors (Lipinski definition) is 3. The van der Waals surface area contributed by atoms with E-state index in [1.54, 1.807) is 6.20 Å². The Morgan fingerprint density at radius 3 is 3.00 bits per heavy atom. The van der Waals surface area contributed by atoms with Gasteiger partial charge in [-0.15, -0.1) is 0 Å². The SMILES string of the molecule is Cc1[nH]ncc1CNC(=O)c1cc(N)ccc1F. The molecule has 2 aromatic rings. The number of amides is 1. The molecule has 0 radical (unpaired) electrons. The number of benzene rings is 1. The number of carbonyl (C=O) groups is 1. The highest BCUT2D eigenvalue weighted by atomic mass is 19.1. The molecule has 0 unspecified atom stereocenters. The molecule has 94 valence electrons. The maximum atomic E-state index is 13.4. The lowest BCUT2D eigenvalue weighted by Gasteiger charge is -2.06. The van der Waals surface area contributed by atoms with Gasteiger partial charge in [0.15, 0.2) is 0 Å². The summed E-state index contributed by atoms with van der Waals surface area (Å²) in [7, 11) is 0. The number of nitrogens with zero attached hydrogens (tertiary/aromatic N) is 1. The van der Waals surface area contributed by atoms with Crippen LogP contribution in [0.5, 0.6) is 0 Å². The van der Waals surface area contributed by atoms with Crippen LogP contribution >= 0.6 is 0 Å². The first kappa shape index (κ1) is 12.1. The van der Waals surface area contributed by atoms with E-state index in [9.17, 15) is 9.18 Å². The summed E-state index contributed by atoms with van der Waals surface area (Å²) in [6.07, 6.45) is 1.62. The summed E-state index contributed by atoms with van der Waals surface area (Å²) in [5.41, 5.74) is 7.53. The van der Waals surface area contributed by atoms with Gasteiger partial charge < -0.3 is 11.1 Å². The van der Waals surface area contributed by atoms with Crippen molar-refractivity contribution in [2.45, 2.75) is 13.5 Å². The van der Waals surface area contributed by atoms with Crippen molar-refractivity contribution in [1.29, 1.82) is 0 Å². The second kappa shape index (κ2) is 4.87. The molecule has 1 heterocycles. The molecular weight excluding hydrogens is 235 g/mol. The van der Waals surface area contributed by atoms with Crippen molar-refractivity contribution < 1.29 is 9.18 Å². The molecule has 0 saturated carbocycles. The van der Waals surface area contributed by atoms with Crippen molar-refractivity contribution in [3.63, 3.8) is 0 Å². The van der Waals surface area contributed by atoms with E-state index in [0.717, 1.165) is 11.3 Å². The molecule has 0 saturated heterocycles. The summed E-state index contributed by atoms with van der Waals surface area (Å²) in [5.74, 6) is -1.09. The number of rotatable bonds is 3. The summed E-state index contributed by atoms with van der Waals surface area (Å²) in [4.78, 5) is 11.8. The van der Waals surface area contributed by atoms with Crippen LogP contribution in [0, 0.1) is 12.7 Å². The first-order valence-electron chi connectivity index (χ1n) is 5.40. The molecule has 2 rings (SSSR count). The highest BCUT2D eigenvalue weighted by molar-refractivity contribution is 5.95. The van der Waals surface area contributed by atoms with Crippen LogP contribution in [0.15, 0.2) is 24.4 Å². The largest absolute Gasteiger partial charge is 0.399 e. The summed E-state index contributed by atoms with van der Waals surface area (Å²) >= 11 is 0. The van der Waals surface area contributed by atoms with Crippen LogP contribution in [0.3, 0.4) is 0 Å². The van der Waals surface area contributed by atoms with Crippen molar-refractivity contribution in [2.75, 3.05) is 5.73 Å². The summed E-state index contributed by atoms with van der Waals surface area (Å²) in [5, 5.41) is 9.21. The topological polar surface area (TPSA) is 83.8 Å². The van der Waals surface area contributed by atoms with Gasteiger partial charge in [0.1, 0.15) is 5.82 Å². The molecule has 0 atom stereocenters. The standard InChI is InChI=1S/C12H13FN4O/c1-7-8(6-16-17-7)5-15-12(18)10-4-9(14)2-3-11(10)13/h2-4,6H,5,14H2,1H3,(H,15,18)(H,16,17). The van der Waals surface area contributed by atoms with Crippen molar-refractivity contribution in [2.24, 2.45) is 0 Å². The highest BCUT2D eigenvalue weighted by Crippen LogP contribution is 2.12. The molecular formula is C12H13FN4O. The van der Waals surface area contributed by atoms with Crippen LogP contribution in [0.2, 0.25) is 0 Å². The van der Waals surface area contributed by atoms with Crippen LogP contribution in [-0.2, 0) is 6.54 Å². The number of hydrogen-bond acceptors (Lipinski definition) is 3. The molecule has 0 aliphatic rings. The van der Waals surface area contributed by atoms with Crippen LogP contribution in [0.1, 0.15) is 21.6 Å². The number of aromatic amines is 1. The molecule has 1 aromatic heterocycles. The Bertz CT molecular complexity index is 579. The fraction of sp³-hybridized carbons (Fsp3) is 0.167. The minimum Gasteiger partial charge on any atom is -0.399 e. The Kier molecular flexibility index (Phi) is 3.27. The number of H-pyrrole nitrogens is 1. The number of nitrogens with two attached hydrogens (primary N) is 1. The van der Waals surface area contributed by atoms with Crippen molar-refractivity contribution in [1.82, 2.24) is 15.5 Å². The monoisotopic (exact) mass is 248 g/mol. The molecule has 0 aliphatic heterocycles. The van der Waals surface area contributed by atoms with E-state index in [4.69, 9.17) is 5.73 Å². The number of aryl methyl sites for hydroxylation is 1. The van der Waals surface area contributed by atoms with Gasteiger partial charge in [0, 0.05) is 23.5 Å². The van der Waals surface area contributed by atoms with Gasteiger partial charge in [0.05, 0.1) is 11.8 Å². The van der Waals surface area contributed by atoms with Gasteiger partial charge in [-0.25, -0.2) is 4.39 Å². The number of nitrogen functional groups attached to an aromatic ring is 1. The minimum absolute atomic E-state index is 0.0591. The first-order chi connectivity index (χ1) is 8.58. The third kappa shape index (κ3) is 2.48. The number of anilines is 1. The van der Waals surface area contributed by atoms with Crippen molar-refractivity contribution in [3.05, 3.63) is 47.0 Å². The van der Waals surface area contributed by atoms with Gasteiger partial charge in [-0.3, -0.25) is 9.89 Å². The zero-order valence-electron chi connectivity index (χ0n) is 9.83. The van der Waals surface area contributed by atoms with Gasteiger partial charge in [0.25, 0.3) is 5.91 Å². The van der Waals surface area contributed by atoms with E-state index >= 15 is 0 Å². The average Bonchev–Trinajstić information content (AvgIpc) is 2.75. The van der Waals surface area contributed by atoms with E-state index in [-0.39, 0.29) is 12.1 Å². The Labute approximate surface area is 103 Å². The number of carbonyl (C=O) groups excluding carboxylic acids is 1. The number of halogens is 1. The van der Waals surface area contributed by atoms with Gasteiger partial charge in [-0.1, -0.05) is 0 Å². The molecule has 1 amide bonds. The molecule has 5 nitrogen and oxygen atoms in total. The Hall–Kier alpha value is -2.37. The van der Waals surface area contributed by atoms with Gasteiger partial charge in [0.2, 0.25) is 0 Å².